The minimum absolute atomic E-state index is 0.00699. The molecule has 2 rings (SSSR count). The van der Waals surface area contributed by atoms with Gasteiger partial charge in [-0.05, 0) is 35.3 Å². The number of rotatable bonds is 4. The van der Waals surface area contributed by atoms with E-state index in [0.717, 1.165) is 17.4 Å². The summed E-state index contributed by atoms with van der Waals surface area (Å²) < 4.78 is 6.29. The van der Waals surface area contributed by atoms with Crippen LogP contribution in [0.25, 0.3) is 0 Å². The summed E-state index contributed by atoms with van der Waals surface area (Å²) >= 11 is 3.38. The zero-order valence-electron chi connectivity index (χ0n) is 11.9. The van der Waals surface area contributed by atoms with Crippen molar-refractivity contribution in [3.05, 3.63) is 22.3 Å². The number of amides is 1. The number of aromatic nitrogens is 1. The van der Waals surface area contributed by atoms with Crippen molar-refractivity contribution in [3.63, 3.8) is 0 Å². The van der Waals surface area contributed by atoms with Crippen molar-refractivity contribution < 1.29 is 9.53 Å². The normalized spacial score (nSPS) is 18.9. The Hall–Kier alpha value is -1.14. The first-order chi connectivity index (χ1) is 9.61. The number of nitrogens with zero attached hydrogens (tertiary/aromatic N) is 2. The van der Waals surface area contributed by atoms with Gasteiger partial charge in [0.2, 0.25) is 0 Å². The molecule has 6 heteroatoms. The maximum absolute atomic E-state index is 12.7. The van der Waals surface area contributed by atoms with E-state index in [1.54, 1.807) is 6.20 Å². The first-order valence-electron chi connectivity index (χ1n) is 6.92. The van der Waals surface area contributed by atoms with Gasteiger partial charge in [-0.25, -0.2) is 4.98 Å². The fourth-order valence-corrected chi connectivity index (χ4v) is 2.49. The molecule has 0 aromatic carbocycles. The molecule has 0 radical (unpaired) electrons. The van der Waals surface area contributed by atoms with Crippen molar-refractivity contribution in [2.75, 3.05) is 31.6 Å². The van der Waals surface area contributed by atoms with Gasteiger partial charge < -0.3 is 15.0 Å². The molecule has 0 saturated carbocycles. The summed E-state index contributed by atoms with van der Waals surface area (Å²) in [5, 5.41) is 3.21. The van der Waals surface area contributed by atoms with Crippen molar-refractivity contribution in [2.45, 2.75) is 26.4 Å². The van der Waals surface area contributed by atoms with Crippen molar-refractivity contribution in [1.82, 2.24) is 9.88 Å². The van der Waals surface area contributed by atoms with E-state index in [9.17, 15) is 4.79 Å². The first-order valence-corrected chi connectivity index (χ1v) is 7.71. The van der Waals surface area contributed by atoms with Crippen LogP contribution < -0.4 is 5.32 Å². The van der Waals surface area contributed by atoms with Crippen LogP contribution >= 0.6 is 15.9 Å². The summed E-state index contributed by atoms with van der Waals surface area (Å²) in [5.74, 6) is 0.659. The van der Waals surface area contributed by atoms with Crippen LogP contribution in [0.4, 0.5) is 5.82 Å². The third-order valence-corrected chi connectivity index (χ3v) is 3.59. The van der Waals surface area contributed by atoms with Gasteiger partial charge in [-0.3, -0.25) is 4.79 Å². The van der Waals surface area contributed by atoms with Crippen molar-refractivity contribution in [1.29, 1.82) is 0 Å². The van der Waals surface area contributed by atoms with Crippen LogP contribution in [0.1, 0.15) is 30.6 Å². The van der Waals surface area contributed by atoms with Gasteiger partial charge in [0, 0.05) is 30.3 Å². The second kappa shape index (κ2) is 7.04. The van der Waals surface area contributed by atoms with Gasteiger partial charge in [-0.2, -0.15) is 0 Å². The Morgan fingerprint density at radius 1 is 1.65 bits per heavy atom. The summed E-state index contributed by atoms with van der Waals surface area (Å²) in [4.78, 5) is 18.8. The minimum Gasteiger partial charge on any atom is -0.375 e. The second-order valence-electron chi connectivity index (χ2n) is 4.91. The molecule has 0 bridgehead atoms. The number of halogens is 1. The molecule has 1 unspecified atom stereocenters. The number of pyridine rings is 1. The van der Waals surface area contributed by atoms with Crippen LogP contribution in [-0.2, 0) is 4.74 Å². The highest BCUT2D eigenvalue weighted by Gasteiger charge is 2.24. The Kier molecular flexibility index (Phi) is 5.37. The highest BCUT2D eigenvalue weighted by atomic mass is 79.9. The van der Waals surface area contributed by atoms with Crippen LogP contribution in [0.5, 0.6) is 0 Å². The molecular weight excluding hydrogens is 322 g/mol. The highest BCUT2D eigenvalue weighted by Crippen LogP contribution is 2.21. The predicted octanol–water partition coefficient (Wildman–Crippen LogP) is 2.53. The molecule has 0 spiro atoms. The maximum Gasteiger partial charge on any atom is 0.257 e. The molecular formula is C14H20BrN3O2. The van der Waals surface area contributed by atoms with Gasteiger partial charge in [0.15, 0.2) is 0 Å². The summed E-state index contributed by atoms with van der Waals surface area (Å²) in [5.41, 5.74) is 0.613. The summed E-state index contributed by atoms with van der Waals surface area (Å²) in [6, 6.07) is 1.83. The highest BCUT2D eigenvalue weighted by molar-refractivity contribution is 9.10. The van der Waals surface area contributed by atoms with Gasteiger partial charge >= 0.3 is 0 Å². The Morgan fingerprint density at radius 2 is 2.45 bits per heavy atom. The van der Waals surface area contributed by atoms with E-state index in [0.29, 0.717) is 31.1 Å². The minimum atomic E-state index is 0.00699. The number of hydrogen-bond acceptors (Lipinski definition) is 4. The molecule has 110 valence electrons. The summed E-state index contributed by atoms with van der Waals surface area (Å²) in [6.07, 6.45) is 2.77. The molecule has 1 N–H and O–H groups in total. The van der Waals surface area contributed by atoms with Crippen LogP contribution in [-0.4, -0.2) is 48.1 Å². The van der Waals surface area contributed by atoms with E-state index in [2.05, 4.69) is 33.2 Å². The fourth-order valence-electron chi connectivity index (χ4n) is 2.16. The van der Waals surface area contributed by atoms with Gasteiger partial charge in [0.05, 0.1) is 18.3 Å². The molecule has 5 nitrogen and oxygen atoms in total. The molecule has 1 aromatic rings. The molecule has 1 amide bonds. The van der Waals surface area contributed by atoms with Gasteiger partial charge in [0.1, 0.15) is 5.82 Å². The molecule has 1 fully saturated rings. The van der Waals surface area contributed by atoms with Crippen molar-refractivity contribution in [3.8, 4) is 0 Å². The number of hydrogen-bond donors (Lipinski definition) is 1. The Morgan fingerprint density at radius 3 is 3.15 bits per heavy atom. The molecule has 1 aliphatic rings. The largest absolute Gasteiger partial charge is 0.375 e. The third-order valence-electron chi connectivity index (χ3n) is 3.16. The molecule has 2 heterocycles. The number of anilines is 1. The lowest BCUT2D eigenvalue weighted by Crippen LogP contribution is -2.44. The van der Waals surface area contributed by atoms with Crippen LogP contribution in [0.3, 0.4) is 0 Å². The van der Waals surface area contributed by atoms with Crippen LogP contribution in [0.2, 0.25) is 0 Å². The van der Waals surface area contributed by atoms with E-state index in [1.807, 2.05) is 17.9 Å². The fraction of sp³-hybridized carbons (Fsp3) is 0.571. The lowest BCUT2D eigenvalue weighted by molar-refractivity contribution is -0.0124. The molecule has 1 atom stereocenters. The standard InChI is InChI=1S/C14H20BrN3O2/c1-3-4-16-13-12(7-11(15)8-17-13)14(19)18-5-6-20-10(2)9-18/h7-8,10H,3-6,9H2,1-2H3,(H,16,17). The van der Waals surface area contributed by atoms with Gasteiger partial charge in [-0.15, -0.1) is 0 Å². The molecule has 0 aliphatic carbocycles. The average Bonchev–Trinajstić information content (AvgIpc) is 2.45. The Balaban J connectivity index is 2.20. The quantitative estimate of drug-likeness (QED) is 0.914. The lowest BCUT2D eigenvalue weighted by atomic mass is 10.2. The number of nitrogens with one attached hydrogen (secondary N) is 1. The summed E-state index contributed by atoms with van der Waals surface area (Å²) in [7, 11) is 0. The van der Waals surface area contributed by atoms with Crippen LogP contribution in [0.15, 0.2) is 16.7 Å². The second-order valence-corrected chi connectivity index (χ2v) is 5.82. The van der Waals surface area contributed by atoms with Gasteiger partial charge in [-0.1, -0.05) is 6.92 Å². The maximum atomic E-state index is 12.7. The van der Waals surface area contributed by atoms with E-state index in [-0.39, 0.29) is 12.0 Å². The monoisotopic (exact) mass is 341 g/mol. The van der Waals surface area contributed by atoms with Crippen molar-refractivity contribution in [2.24, 2.45) is 0 Å². The summed E-state index contributed by atoms with van der Waals surface area (Å²) in [6.45, 7) is 6.70. The number of carbonyl (C=O) groups is 1. The molecule has 20 heavy (non-hydrogen) atoms. The molecule has 1 aromatic heterocycles. The molecule has 1 aliphatic heterocycles. The smallest absolute Gasteiger partial charge is 0.257 e. The Bertz CT molecular complexity index is 481. The predicted molar refractivity (Wildman–Crippen MR) is 82.0 cm³/mol. The number of morpholine rings is 1. The number of carbonyl (C=O) groups excluding carboxylic acids is 1. The topological polar surface area (TPSA) is 54.5 Å². The van der Waals surface area contributed by atoms with E-state index >= 15 is 0 Å². The third kappa shape index (κ3) is 3.70. The van der Waals surface area contributed by atoms with Gasteiger partial charge in [0.25, 0.3) is 5.91 Å². The van der Waals surface area contributed by atoms with E-state index < -0.39 is 0 Å². The van der Waals surface area contributed by atoms with Crippen molar-refractivity contribution >= 4 is 27.7 Å². The lowest BCUT2D eigenvalue weighted by Gasteiger charge is -2.31. The zero-order chi connectivity index (χ0) is 14.5. The number of ether oxygens (including phenoxy) is 1. The average molecular weight is 342 g/mol. The first kappa shape index (κ1) is 15.3. The Labute approximate surface area is 127 Å². The SMILES string of the molecule is CCCNc1ncc(Br)cc1C(=O)N1CCOC(C)C1. The van der Waals surface area contributed by atoms with E-state index in [4.69, 9.17) is 4.74 Å². The zero-order valence-corrected chi connectivity index (χ0v) is 13.4. The molecule has 1 saturated heterocycles. The van der Waals surface area contributed by atoms with Crippen LogP contribution in [0, 0.1) is 0 Å². The van der Waals surface area contributed by atoms with E-state index in [1.165, 1.54) is 0 Å².